The number of rotatable bonds is 13. The molecule has 4 atom stereocenters. The highest BCUT2D eigenvalue weighted by atomic mass is 16.5. The van der Waals surface area contributed by atoms with E-state index in [1.54, 1.807) is 0 Å². The van der Waals surface area contributed by atoms with Crippen molar-refractivity contribution in [2.24, 2.45) is 11.8 Å². The van der Waals surface area contributed by atoms with Crippen molar-refractivity contribution in [3.05, 3.63) is 71.4 Å². The molecule has 0 aliphatic carbocycles. The van der Waals surface area contributed by atoms with Gasteiger partial charge >= 0.3 is 12.2 Å². The molecule has 0 spiro atoms. The second-order valence-corrected chi connectivity index (χ2v) is 15.3. The number of nitrogens with one attached hydrogen (secondary N) is 4. The number of benzene rings is 2. The fraction of sp³-hybridized carbons (Fsp3) is 0.512. The second kappa shape index (κ2) is 17.4. The van der Waals surface area contributed by atoms with Gasteiger partial charge in [-0.3, -0.25) is 9.59 Å². The molecule has 0 radical (unpaired) electrons. The molecule has 2 aliphatic heterocycles. The van der Waals surface area contributed by atoms with Gasteiger partial charge in [0.2, 0.25) is 11.8 Å². The van der Waals surface area contributed by atoms with Crippen LogP contribution in [0.4, 0.5) is 9.59 Å². The molecule has 14 nitrogen and oxygen atoms in total. The Morgan fingerprint density at radius 3 is 1.87 bits per heavy atom. The summed E-state index contributed by atoms with van der Waals surface area (Å²) in [7, 11) is 2.59. The van der Waals surface area contributed by atoms with E-state index in [4.69, 9.17) is 14.5 Å². The van der Waals surface area contributed by atoms with Crippen LogP contribution >= 0.6 is 0 Å². The van der Waals surface area contributed by atoms with Crippen LogP contribution in [-0.2, 0) is 31.9 Å². The summed E-state index contributed by atoms with van der Waals surface area (Å²) in [5, 5.41) is 5.40. The van der Waals surface area contributed by atoms with Crippen molar-refractivity contribution in [1.29, 1.82) is 0 Å². The van der Waals surface area contributed by atoms with Gasteiger partial charge in [-0.1, -0.05) is 58.0 Å². The number of aryl methyl sites for hydroxylation is 2. The number of alkyl carbamates (subject to hydrolysis) is 2. The van der Waals surface area contributed by atoms with E-state index in [9.17, 15) is 19.2 Å². The van der Waals surface area contributed by atoms with Gasteiger partial charge in [0.1, 0.15) is 23.7 Å². The number of carbonyl (C=O) groups is 4. The second-order valence-electron chi connectivity index (χ2n) is 15.3. The molecule has 2 fully saturated rings. The van der Waals surface area contributed by atoms with Gasteiger partial charge < -0.3 is 39.9 Å². The lowest BCUT2D eigenvalue weighted by Gasteiger charge is -2.30. The van der Waals surface area contributed by atoms with Crippen LogP contribution in [0.15, 0.2) is 48.7 Å². The van der Waals surface area contributed by atoms with Crippen LogP contribution in [0.3, 0.4) is 0 Å². The quantitative estimate of drug-likeness (QED) is 0.125. The number of methoxy groups -OCH3 is 2. The fourth-order valence-corrected chi connectivity index (χ4v) is 7.77. The first kappa shape index (κ1) is 39.3. The molecule has 2 aromatic heterocycles. The maximum Gasteiger partial charge on any atom is 0.407 e. The molecule has 2 aliphatic rings. The Morgan fingerprint density at radius 1 is 0.764 bits per heavy atom. The third kappa shape index (κ3) is 8.95. The van der Waals surface area contributed by atoms with Crippen LogP contribution in [-0.4, -0.2) is 93.1 Å². The summed E-state index contributed by atoms with van der Waals surface area (Å²) in [5.41, 5.74) is 6.17. The highest BCUT2D eigenvalue weighted by molar-refractivity contribution is 5.87. The van der Waals surface area contributed by atoms with Crippen molar-refractivity contribution < 1.29 is 28.7 Å². The van der Waals surface area contributed by atoms with Gasteiger partial charge in [-0.05, 0) is 85.6 Å². The predicted octanol–water partition coefficient (Wildman–Crippen LogP) is 6.22. The van der Waals surface area contributed by atoms with E-state index in [1.807, 2.05) is 43.7 Å². The molecule has 4 N–H and O–H groups in total. The van der Waals surface area contributed by atoms with Gasteiger partial charge in [0, 0.05) is 13.1 Å². The number of carbonyl (C=O) groups excluding carboxylic acids is 4. The number of amides is 4. The highest BCUT2D eigenvalue weighted by Gasteiger charge is 2.39. The van der Waals surface area contributed by atoms with E-state index in [-0.39, 0.29) is 35.7 Å². The first-order valence-corrected chi connectivity index (χ1v) is 19.4. The highest BCUT2D eigenvalue weighted by Crippen LogP contribution is 2.34. The zero-order valence-corrected chi connectivity index (χ0v) is 32.7. The summed E-state index contributed by atoms with van der Waals surface area (Å²) in [4.78, 5) is 71.1. The summed E-state index contributed by atoms with van der Waals surface area (Å²) in [6.07, 6.45) is 6.71. The number of fused-ring (bicyclic) bond motifs is 1. The minimum absolute atomic E-state index is 0.0924. The third-order valence-corrected chi connectivity index (χ3v) is 10.8. The van der Waals surface area contributed by atoms with Gasteiger partial charge in [-0.2, -0.15) is 0 Å². The summed E-state index contributed by atoms with van der Waals surface area (Å²) in [6.45, 7) is 8.85. The average Bonchev–Trinajstić information content (AvgIpc) is 4.01. The molecular formula is C41H54N8O6. The third-order valence-electron chi connectivity index (χ3n) is 10.8. The number of nitrogens with zero attached hydrogens (tertiary/aromatic N) is 4. The van der Waals surface area contributed by atoms with E-state index in [2.05, 4.69) is 68.1 Å². The van der Waals surface area contributed by atoms with Gasteiger partial charge in [0.15, 0.2) is 0 Å². The molecule has 0 saturated carbocycles. The number of aromatic nitrogens is 4. The first-order chi connectivity index (χ1) is 26.5. The Labute approximate surface area is 322 Å². The van der Waals surface area contributed by atoms with Crippen LogP contribution in [0.1, 0.15) is 94.7 Å². The van der Waals surface area contributed by atoms with Gasteiger partial charge in [-0.25, -0.2) is 19.6 Å². The van der Waals surface area contributed by atoms with Crippen molar-refractivity contribution in [2.45, 2.75) is 96.8 Å². The van der Waals surface area contributed by atoms with Crippen LogP contribution in [0.5, 0.6) is 0 Å². The number of likely N-dealkylation sites (tertiary alicyclic amines) is 2. The Kier molecular flexibility index (Phi) is 12.4. The number of H-pyrrole nitrogens is 2. The lowest BCUT2D eigenvalue weighted by molar-refractivity contribution is -0.136. The average molecular weight is 755 g/mol. The smallest absolute Gasteiger partial charge is 0.407 e. The number of aromatic amines is 2. The minimum atomic E-state index is -0.675. The number of hydrogen-bond donors (Lipinski definition) is 4. The fourth-order valence-electron chi connectivity index (χ4n) is 7.77. The standard InChI is InChI=1S/C41H54N8O6/c1-24(2)34(46-40(52)54-5)38(50)48-20-8-12-32(48)36-42-23-31(45-36)28-17-14-26(15-18-28)10-7-11-27-16-19-29-30(22-27)44-37(43-29)33-13-9-21-49(33)39(51)35(25(3)4)47-41(53)55-6/h14-19,22-25,32-35H,7-13,20-21H2,1-6H3,(H,42,45)(H,43,44)(H,46,52)(H,47,53)/t32?,33-,34-,35-/m0/s1. The van der Waals surface area contributed by atoms with Crippen LogP contribution in [0, 0.1) is 11.8 Å². The van der Waals surface area contributed by atoms with Gasteiger partial charge in [0.05, 0.1) is 49.2 Å². The molecular weight excluding hydrogens is 701 g/mol. The van der Waals surface area contributed by atoms with E-state index in [0.29, 0.717) is 13.1 Å². The Morgan fingerprint density at radius 2 is 1.31 bits per heavy atom. The molecule has 4 amide bonds. The first-order valence-electron chi connectivity index (χ1n) is 19.4. The molecule has 0 bridgehead atoms. The monoisotopic (exact) mass is 754 g/mol. The number of ether oxygens (including phenoxy) is 2. The van der Waals surface area contributed by atoms with Crippen molar-refractivity contribution in [2.75, 3.05) is 27.3 Å². The summed E-state index contributed by atoms with van der Waals surface area (Å²) in [6, 6.07) is 13.1. The predicted molar refractivity (Wildman–Crippen MR) is 208 cm³/mol. The van der Waals surface area contributed by atoms with Crippen molar-refractivity contribution in [1.82, 2.24) is 40.4 Å². The van der Waals surface area contributed by atoms with E-state index < -0.39 is 24.3 Å². The van der Waals surface area contributed by atoms with Crippen molar-refractivity contribution >= 4 is 35.0 Å². The minimum Gasteiger partial charge on any atom is -0.453 e. The normalized spacial score (nSPS) is 18.2. The Bertz CT molecular complexity index is 1970. The molecule has 4 aromatic rings. The van der Waals surface area contributed by atoms with Crippen molar-refractivity contribution in [3.8, 4) is 11.3 Å². The van der Waals surface area contributed by atoms with Crippen LogP contribution in [0.2, 0.25) is 0 Å². The molecule has 6 rings (SSSR count). The summed E-state index contributed by atoms with van der Waals surface area (Å²) < 4.78 is 9.51. The SMILES string of the molecule is COC(=O)N[C@H](C(=O)N1CCCC1c1ncc(-c2ccc(CCCc3ccc4[nH]c([C@@H]5CCCN5C(=O)[C@@H](NC(=O)OC)C(C)C)nc4c3)cc2)[nH]1)C(C)C. The van der Waals surface area contributed by atoms with Crippen LogP contribution in [0.25, 0.3) is 22.3 Å². The summed E-state index contributed by atoms with van der Waals surface area (Å²) in [5.74, 6) is 1.07. The number of imidazole rings is 2. The topological polar surface area (TPSA) is 175 Å². The molecule has 2 aromatic carbocycles. The Hall–Kier alpha value is -5.40. The zero-order valence-electron chi connectivity index (χ0n) is 32.7. The molecule has 4 heterocycles. The molecule has 55 heavy (non-hydrogen) atoms. The molecule has 1 unspecified atom stereocenters. The van der Waals surface area contributed by atoms with E-state index >= 15 is 0 Å². The van der Waals surface area contributed by atoms with E-state index in [1.165, 1.54) is 25.3 Å². The zero-order chi connectivity index (χ0) is 39.2. The van der Waals surface area contributed by atoms with Crippen LogP contribution < -0.4 is 10.6 Å². The lowest BCUT2D eigenvalue weighted by atomic mass is 10.0. The van der Waals surface area contributed by atoms with Gasteiger partial charge in [0.25, 0.3) is 0 Å². The summed E-state index contributed by atoms with van der Waals surface area (Å²) >= 11 is 0. The Balaban J connectivity index is 1.04. The van der Waals surface area contributed by atoms with Gasteiger partial charge in [-0.15, -0.1) is 0 Å². The maximum atomic E-state index is 13.6. The van der Waals surface area contributed by atoms with E-state index in [0.717, 1.165) is 78.9 Å². The molecule has 2 saturated heterocycles. The largest absolute Gasteiger partial charge is 0.453 e. The molecule has 14 heteroatoms. The number of hydrogen-bond acceptors (Lipinski definition) is 8. The van der Waals surface area contributed by atoms with Crippen molar-refractivity contribution in [3.63, 3.8) is 0 Å². The lowest BCUT2D eigenvalue weighted by Crippen LogP contribution is -2.51. The molecule has 294 valence electrons. The maximum absolute atomic E-state index is 13.6.